The zero-order chi connectivity index (χ0) is 31.1. The van der Waals surface area contributed by atoms with Gasteiger partial charge in [0.15, 0.2) is 0 Å². The number of nitrogens with zero attached hydrogens (tertiary/aromatic N) is 5. The summed E-state index contributed by atoms with van der Waals surface area (Å²) in [6, 6.07) is 8.23. The van der Waals surface area contributed by atoms with Crippen LogP contribution < -0.4 is 15.8 Å². The van der Waals surface area contributed by atoms with E-state index in [0.29, 0.717) is 66.6 Å². The van der Waals surface area contributed by atoms with E-state index >= 15 is 8.78 Å². The van der Waals surface area contributed by atoms with Crippen molar-refractivity contribution < 1.29 is 30.9 Å². The Kier molecular flexibility index (Phi) is 11.5. The quantitative estimate of drug-likeness (QED) is 0.328. The molecule has 0 spiro atoms. The van der Waals surface area contributed by atoms with Gasteiger partial charge >= 0.3 is 22.1 Å². The zero-order valence-electron chi connectivity index (χ0n) is 25.1. The van der Waals surface area contributed by atoms with Gasteiger partial charge in [-0.1, -0.05) is 37.5 Å². The average Bonchev–Trinajstić information content (AvgIpc) is 2.98. The molecule has 8 nitrogen and oxygen atoms in total. The molecule has 0 saturated carbocycles. The summed E-state index contributed by atoms with van der Waals surface area (Å²) in [5.74, 6) is -1.77. The Balaban J connectivity index is 0.00000207. The Hall–Kier alpha value is -2.63. The Morgan fingerprint density at radius 2 is 1.72 bits per heavy atom. The SMILES string of the molecule is [CH2-]CN(C[CH2-])c1cc2c3nc(C)nc2n(c1=O)CCCCCCCN1CC(C1)CC(F)(F)c1cccc(c1)[C@@H](C)N3.[O]=[Os]. The number of aryl methyl sites for hydroxylation is 2. The minimum absolute atomic E-state index is 0.0191. The van der Waals surface area contributed by atoms with Crippen LogP contribution in [0.5, 0.6) is 0 Å². The van der Waals surface area contributed by atoms with Crippen molar-refractivity contribution in [2.45, 2.75) is 70.9 Å². The molecule has 1 saturated heterocycles. The third kappa shape index (κ3) is 7.72. The third-order valence-corrected chi connectivity index (χ3v) is 8.51. The van der Waals surface area contributed by atoms with E-state index in [9.17, 15) is 4.79 Å². The topological polar surface area (TPSA) is 83.4 Å². The van der Waals surface area contributed by atoms with E-state index in [1.165, 1.54) is 6.07 Å². The molecule has 236 valence electrons. The van der Waals surface area contributed by atoms with Crippen molar-refractivity contribution in [3.05, 3.63) is 71.5 Å². The first-order valence-corrected chi connectivity index (χ1v) is 16.1. The number of aromatic nitrogens is 3. The number of anilines is 2. The number of nitrogens with one attached hydrogen (secondary N) is 1. The number of fused-ring (bicyclic) bond motifs is 8. The van der Waals surface area contributed by atoms with Gasteiger partial charge in [0.25, 0.3) is 11.5 Å². The normalized spacial score (nSPS) is 22.3. The first kappa shape index (κ1) is 33.3. The van der Waals surface area contributed by atoms with Crippen molar-refractivity contribution >= 4 is 22.5 Å². The van der Waals surface area contributed by atoms with Crippen molar-refractivity contribution in [3.8, 4) is 0 Å². The first-order valence-electron chi connectivity index (χ1n) is 15.1. The number of benzene rings is 1. The summed E-state index contributed by atoms with van der Waals surface area (Å²) in [7, 11) is 0. The number of rotatable bonds is 3. The van der Waals surface area contributed by atoms with E-state index in [2.05, 4.69) is 24.1 Å². The second-order valence-electron chi connectivity index (χ2n) is 11.6. The predicted molar refractivity (Wildman–Crippen MR) is 162 cm³/mol. The summed E-state index contributed by atoms with van der Waals surface area (Å²) in [5.41, 5.74) is 1.78. The Morgan fingerprint density at radius 1 is 1.05 bits per heavy atom. The summed E-state index contributed by atoms with van der Waals surface area (Å²) in [4.78, 5) is 27.3. The van der Waals surface area contributed by atoms with Crippen LogP contribution in [-0.2, 0) is 34.6 Å². The van der Waals surface area contributed by atoms with Gasteiger partial charge in [-0.05, 0) is 56.8 Å². The van der Waals surface area contributed by atoms with Crippen molar-refractivity contribution in [1.29, 1.82) is 0 Å². The van der Waals surface area contributed by atoms with Gasteiger partial charge in [-0.3, -0.25) is 9.36 Å². The van der Waals surface area contributed by atoms with Gasteiger partial charge in [-0.15, -0.1) is 13.1 Å². The molecular formula is C32H42F2N6O2Os-2. The van der Waals surface area contributed by atoms with Gasteiger partial charge < -0.3 is 29.0 Å². The van der Waals surface area contributed by atoms with Gasteiger partial charge in [0.05, 0.1) is 11.1 Å². The molecule has 3 aliphatic heterocycles. The summed E-state index contributed by atoms with van der Waals surface area (Å²) >= 11 is 0.611. The molecule has 0 aliphatic carbocycles. The molecule has 8 bridgehead atoms. The molecule has 3 aromatic rings. The molecule has 43 heavy (non-hydrogen) atoms. The molecule has 0 amide bonds. The van der Waals surface area contributed by atoms with Crippen LogP contribution in [0.25, 0.3) is 11.0 Å². The van der Waals surface area contributed by atoms with Crippen molar-refractivity contribution in [1.82, 2.24) is 19.4 Å². The van der Waals surface area contributed by atoms with Crippen LogP contribution in [0.4, 0.5) is 20.3 Å². The Bertz CT molecular complexity index is 1440. The van der Waals surface area contributed by atoms with E-state index in [-0.39, 0.29) is 29.5 Å². The van der Waals surface area contributed by atoms with Crippen LogP contribution in [0.2, 0.25) is 0 Å². The molecule has 5 heterocycles. The molecule has 1 atom stereocenters. The zero-order valence-corrected chi connectivity index (χ0v) is 27.6. The monoisotopic (exact) mass is 772 g/mol. The average molecular weight is 771 g/mol. The maximum atomic E-state index is 15.4. The second-order valence-corrected chi connectivity index (χ2v) is 11.6. The van der Waals surface area contributed by atoms with Crippen LogP contribution in [0.15, 0.2) is 35.1 Å². The first-order chi connectivity index (χ1) is 20.7. The van der Waals surface area contributed by atoms with Crippen LogP contribution >= 0.6 is 0 Å². The molecule has 0 radical (unpaired) electrons. The van der Waals surface area contributed by atoms with E-state index in [1.54, 1.807) is 23.6 Å². The number of halogens is 2. The minimum atomic E-state index is -2.89. The molecule has 11 heteroatoms. The van der Waals surface area contributed by atoms with Crippen LogP contribution in [0.3, 0.4) is 0 Å². The molecule has 1 N–H and O–H groups in total. The van der Waals surface area contributed by atoms with Gasteiger partial charge in [0.1, 0.15) is 17.3 Å². The maximum absolute atomic E-state index is 15.4. The third-order valence-electron chi connectivity index (χ3n) is 8.51. The number of hydrogen-bond acceptors (Lipinski definition) is 7. The summed E-state index contributed by atoms with van der Waals surface area (Å²) in [5, 5.41) is 4.17. The van der Waals surface area contributed by atoms with E-state index in [4.69, 9.17) is 13.5 Å². The number of hydrogen-bond donors (Lipinski definition) is 1. The molecule has 0 unspecified atom stereocenters. The fourth-order valence-electron chi connectivity index (χ4n) is 6.16. The van der Waals surface area contributed by atoms with E-state index in [1.807, 2.05) is 24.0 Å². The van der Waals surface area contributed by atoms with Crippen molar-refractivity contribution in [2.24, 2.45) is 5.92 Å². The Morgan fingerprint density at radius 3 is 2.42 bits per heavy atom. The standard InChI is InChI=1S/C32H42F2N6O.O.Os/c1-5-39(6-2)28-18-27-29-35-22(3)25-13-12-14-26(17-25)32(33,34)19-24-20-38(21-24)15-10-8-7-9-11-16-40(31(28)41)30(27)37-23(4)36-29;;/h12-14,17-18,22,24H,1-2,5-11,15-16,19-21H2,3-4H3,(H,35,36,37);;/q-2;;/t22-;;/m1../s1. The van der Waals surface area contributed by atoms with Crippen molar-refractivity contribution in [3.63, 3.8) is 0 Å². The summed E-state index contributed by atoms with van der Waals surface area (Å²) in [6.45, 7) is 15.5. The molecule has 1 aromatic carbocycles. The van der Waals surface area contributed by atoms with E-state index < -0.39 is 5.92 Å². The van der Waals surface area contributed by atoms with Crippen LogP contribution in [0.1, 0.15) is 68.4 Å². The molecule has 3 aliphatic rings. The van der Waals surface area contributed by atoms with Gasteiger partial charge in [0.2, 0.25) is 0 Å². The van der Waals surface area contributed by atoms with Crippen LogP contribution in [-0.4, -0.2) is 52.2 Å². The molecule has 1 fully saturated rings. The number of alkyl halides is 2. The van der Waals surface area contributed by atoms with Gasteiger partial charge in [-0.25, -0.2) is 18.7 Å². The second kappa shape index (κ2) is 14.9. The predicted octanol–water partition coefficient (Wildman–Crippen LogP) is 6.00. The fourth-order valence-corrected chi connectivity index (χ4v) is 6.16. The fraction of sp³-hybridized carbons (Fsp3) is 0.531. The van der Waals surface area contributed by atoms with Gasteiger partial charge in [0, 0.05) is 37.7 Å². The molecule has 6 rings (SSSR count). The summed E-state index contributed by atoms with van der Waals surface area (Å²) in [6.07, 6.45) is 4.96. The number of pyridine rings is 1. The Labute approximate surface area is 263 Å². The molecule has 2 aromatic heterocycles. The van der Waals surface area contributed by atoms with Crippen molar-refractivity contribution in [2.75, 3.05) is 42.9 Å². The molecular weight excluding hydrogens is 729 g/mol. The van der Waals surface area contributed by atoms with E-state index in [0.717, 1.165) is 57.3 Å². The van der Waals surface area contributed by atoms with Crippen LogP contribution in [0, 0.1) is 26.7 Å². The van der Waals surface area contributed by atoms with Gasteiger partial charge in [-0.2, -0.15) is 0 Å². The summed E-state index contributed by atoms with van der Waals surface area (Å²) < 4.78 is 40.9.